The third kappa shape index (κ3) is 7.81. The predicted octanol–water partition coefficient (Wildman–Crippen LogP) is 6.53. The van der Waals surface area contributed by atoms with E-state index < -0.39 is 29.8 Å². The fourth-order valence-electron chi connectivity index (χ4n) is 5.31. The lowest BCUT2D eigenvalue weighted by Crippen LogP contribution is -2.60. The van der Waals surface area contributed by atoms with E-state index in [0.29, 0.717) is 12.2 Å². The summed E-state index contributed by atoms with van der Waals surface area (Å²) in [6, 6.07) is 35.0. The molecule has 0 aliphatic heterocycles. The third-order valence-electron chi connectivity index (χ3n) is 7.67. The Morgan fingerprint density at radius 2 is 1.20 bits per heavy atom. The quantitative estimate of drug-likeness (QED) is 0.130. The summed E-state index contributed by atoms with van der Waals surface area (Å²) in [6.45, 7) is 4.23. The molecule has 44 heavy (non-hydrogen) atoms. The molecule has 3 atom stereocenters. The van der Waals surface area contributed by atoms with Crippen LogP contribution in [0, 0.1) is 11.8 Å². The highest BCUT2D eigenvalue weighted by molar-refractivity contribution is 5.87. The van der Waals surface area contributed by atoms with Crippen LogP contribution in [-0.4, -0.2) is 35.3 Å². The third-order valence-corrected chi connectivity index (χ3v) is 7.67. The average Bonchev–Trinajstić information content (AvgIpc) is 3.04. The summed E-state index contributed by atoms with van der Waals surface area (Å²) in [5, 5.41) is 0. The van der Waals surface area contributed by atoms with Gasteiger partial charge >= 0.3 is 11.9 Å². The normalized spacial score (nSPS) is 17.0. The number of ether oxygens (including phenoxy) is 3. The van der Waals surface area contributed by atoms with E-state index in [0.717, 1.165) is 22.4 Å². The summed E-state index contributed by atoms with van der Waals surface area (Å²) >= 11 is 0. The summed E-state index contributed by atoms with van der Waals surface area (Å²) < 4.78 is 17.1. The van der Waals surface area contributed by atoms with Crippen LogP contribution >= 0.6 is 0 Å². The Labute approximate surface area is 257 Å². The molecule has 7 nitrogen and oxygen atoms in total. The van der Waals surface area contributed by atoms with Crippen LogP contribution in [0.15, 0.2) is 128 Å². The van der Waals surface area contributed by atoms with E-state index in [2.05, 4.69) is 6.58 Å². The van der Waals surface area contributed by atoms with Gasteiger partial charge in [0, 0.05) is 12.6 Å². The molecule has 1 amide bonds. The molecule has 0 spiro atoms. The second-order valence-corrected chi connectivity index (χ2v) is 10.7. The Kier molecular flexibility index (Phi) is 10.2. The minimum atomic E-state index is -0.854. The molecule has 0 bridgehead atoms. The van der Waals surface area contributed by atoms with Crippen LogP contribution in [0.25, 0.3) is 0 Å². The first-order valence-corrected chi connectivity index (χ1v) is 14.6. The van der Waals surface area contributed by atoms with Crippen LogP contribution < -0.4 is 4.74 Å². The second kappa shape index (κ2) is 14.8. The van der Waals surface area contributed by atoms with Crippen molar-refractivity contribution >= 4 is 17.8 Å². The van der Waals surface area contributed by atoms with E-state index in [9.17, 15) is 14.4 Å². The largest absolute Gasteiger partial charge is 0.461 e. The average molecular weight is 590 g/mol. The van der Waals surface area contributed by atoms with Crippen molar-refractivity contribution in [1.29, 1.82) is 0 Å². The van der Waals surface area contributed by atoms with Gasteiger partial charge in [0.1, 0.15) is 24.7 Å². The Bertz CT molecular complexity index is 1540. The zero-order chi connectivity index (χ0) is 30.7. The first-order chi connectivity index (χ1) is 21.5. The Balaban J connectivity index is 1.27. The number of esters is 2. The fourth-order valence-corrected chi connectivity index (χ4v) is 5.31. The highest BCUT2D eigenvalue weighted by Gasteiger charge is 2.54. The number of benzene rings is 4. The van der Waals surface area contributed by atoms with Crippen molar-refractivity contribution in [2.45, 2.75) is 32.1 Å². The van der Waals surface area contributed by atoms with E-state index in [4.69, 9.17) is 14.2 Å². The lowest BCUT2D eigenvalue weighted by molar-refractivity contribution is -0.178. The summed E-state index contributed by atoms with van der Waals surface area (Å²) in [4.78, 5) is 41.9. The smallest absolute Gasteiger partial charge is 0.312 e. The Morgan fingerprint density at radius 3 is 1.77 bits per heavy atom. The van der Waals surface area contributed by atoms with Gasteiger partial charge in [0.05, 0.1) is 18.3 Å². The van der Waals surface area contributed by atoms with Gasteiger partial charge in [0.25, 0.3) is 0 Å². The molecule has 1 saturated carbocycles. The van der Waals surface area contributed by atoms with Gasteiger partial charge in [-0.1, -0.05) is 97.1 Å². The van der Waals surface area contributed by atoms with Crippen LogP contribution in [0.5, 0.6) is 11.5 Å². The highest BCUT2D eigenvalue weighted by atomic mass is 16.5. The first-order valence-electron chi connectivity index (χ1n) is 14.6. The van der Waals surface area contributed by atoms with Crippen molar-refractivity contribution in [2.24, 2.45) is 11.8 Å². The number of hydrogen-bond donors (Lipinski definition) is 0. The van der Waals surface area contributed by atoms with E-state index in [1.165, 1.54) is 0 Å². The predicted molar refractivity (Wildman–Crippen MR) is 166 cm³/mol. The van der Waals surface area contributed by atoms with Crippen molar-refractivity contribution in [3.63, 3.8) is 0 Å². The number of hydrogen-bond acceptors (Lipinski definition) is 6. The van der Waals surface area contributed by atoms with Crippen molar-refractivity contribution in [2.75, 3.05) is 6.54 Å². The number of nitrogens with zero attached hydrogens (tertiary/aromatic N) is 1. The molecule has 0 saturated heterocycles. The summed E-state index contributed by atoms with van der Waals surface area (Å²) in [5.41, 5.74) is 2.48. The maximum Gasteiger partial charge on any atom is 0.312 e. The van der Waals surface area contributed by atoms with Gasteiger partial charge in [-0.25, -0.2) is 0 Å². The van der Waals surface area contributed by atoms with E-state index in [1.807, 2.05) is 115 Å². The van der Waals surface area contributed by atoms with Crippen LogP contribution in [0.2, 0.25) is 0 Å². The molecule has 0 radical (unpaired) electrons. The Morgan fingerprint density at radius 1 is 0.682 bits per heavy atom. The van der Waals surface area contributed by atoms with Gasteiger partial charge in [-0.05, 0) is 47.4 Å². The lowest BCUT2D eigenvalue weighted by Gasteiger charge is -2.47. The number of para-hydroxylation sites is 1. The fraction of sp³-hybridized carbons (Fsp3) is 0.216. The van der Waals surface area contributed by atoms with Gasteiger partial charge in [-0.3, -0.25) is 14.4 Å². The minimum Gasteiger partial charge on any atom is -0.461 e. The molecular formula is C37H35NO6. The monoisotopic (exact) mass is 589 g/mol. The standard InChI is InChI=1S/C37H35NO6/c1-2-22-38(34(39)23-27-18-20-31(21-19-27)44-30-16-10-5-11-17-30)33-24-32(36(40)42-25-28-12-6-3-7-13-28)35(33)37(41)43-26-29-14-8-4-9-15-29/h2-21,32-33,35H,1,22-26H2. The van der Waals surface area contributed by atoms with Crippen LogP contribution in [0.1, 0.15) is 23.1 Å². The van der Waals surface area contributed by atoms with E-state index >= 15 is 0 Å². The molecule has 1 fully saturated rings. The van der Waals surface area contributed by atoms with Crippen LogP contribution in [0.4, 0.5) is 0 Å². The van der Waals surface area contributed by atoms with Gasteiger partial charge < -0.3 is 19.1 Å². The summed E-state index contributed by atoms with van der Waals surface area (Å²) in [7, 11) is 0. The maximum atomic E-state index is 13.6. The number of carbonyl (C=O) groups excluding carboxylic acids is 3. The summed E-state index contributed by atoms with van der Waals surface area (Å²) in [5.74, 6) is -1.38. The van der Waals surface area contributed by atoms with E-state index in [-0.39, 0.29) is 32.1 Å². The van der Waals surface area contributed by atoms with Gasteiger partial charge in [-0.2, -0.15) is 0 Å². The van der Waals surface area contributed by atoms with Gasteiger partial charge in [0.15, 0.2) is 0 Å². The van der Waals surface area contributed by atoms with Crippen molar-refractivity contribution in [3.05, 3.63) is 145 Å². The SMILES string of the molecule is C=CCN(C(=O)Cc1ccc(Oc2ccccc2)cc1)C1CC(C(=O)OCc2ccccc2)C1C(=O)OCc1ccccc1. The number of carbonyl (C=O) groups is 3. The molecule has 0 aromatic heterocycles. The van der Waals surface area contributed by atoms with Crippen molar-refractivity contribution in [1.82, 2.24) is 4.90 Å². The molecule has 7 heteroatoms. The molecule has 4 aromatic carbocycles. The molecular weight excluding hydrogens is 554 g/mol. The molecule has 224 valence electrons. The van der Waals surface area contributed by atoms with Crippen molar-refractivity contribution in [3.8, 4) is 11.5 Å². The number of rotatable bonds is 13. The van der Waals surface area contributed by atoms with E-state index in [1.54, 1.807) is 11.0 Å². The molecule has 5 rings (SSSR count). The van der Waals surface area contributed by atoms with Gasteiger partial charge in [-0.15, -0.1) is 6.58 Å². The minimum absolute atomic E-state index is 0.0709. The zero-order valence-corrected chi connectivity index (χ0v) is 24.4. The Hall–Kier alpha value is -5.17. The molecule has 1 aliphatic carbocycles. The lowest BCUT2D eigenvalue weighted by atomic mass is 9.68. The molecule has 1 aliphatic rings. The maximum absolute atomic E-state index is 13.6. The summed E-state index contributed by atoms with van der Waals surface area (Å²) in [6.07, 6.45) is 2.04. The van der Waals surface area contributed by atoms with Crippen molar-refractivity contribution < 1.29 is 28.6 Å². The first kappa shape index (κ1) is 30.3. The van der Waals surface area contributed by atoms with Crippen LogP contribution in [-0.2, 0) is 43.5 Å². The zero-order valence-electron chi connectivity index (χ0n) is 24.4. The second-order valence-electron chi connectivity index (χ2n) is 10.7. The molecule has 0 N–H and O–H groups in total. The molecule has 3 unspecified atom stereocenters. The number of amides is 1. The highest BCUT2D eigenvalue weighted by Crippen LogP contribution is 2.41. The molecule has 0 heterocycles. The molecule has 4 aromatic rings. The van der Waals surface area contributed by atoms with Gasteiger partial charge in [0.2, 0.25) is 5.91 Å². The van der Waals surface area contributed by atoms with Crippen LogP contribution in [0.3, 0.4) is 0 Å². The topological polar surface area (TPSA) is 82.1 Å².